The standard InChI is InChI=1S/C16H20FN5/c17-14-9-12(5-6-15(14)22-8-7-19-11-22)10-20-16(18)21-13-3-1-2-4-13/h5-9,11,13H,1-4,10H2,(H3,18,20,21). The van der Waals surface area contributed by atoms with Gasteiger partial charge in [0.15, 0.2) is 5.96 Å². The number of hydrogen-bond donors (Lipinski definition) is 2. The molecule has 0 bridgehead atoms. The lowest BCUT2D eigenvalue weighted by Crippen LogP contribution is -2.38. The zero-order valence-corrected chi connectivity index (χ0v) is 12.4. The van der Waals surface area contributed by atoms with E-state index in [1.165, 1.54) is 18.9 Å². The zero-order chi connectivity index (χ0) is 15.4. The molecule has 0 unspecified atom stereocenters. The molecule has 5 nitrogen and oxygen atoms in total. The first-order valence-corrected chi connectivity index (χ1v) is 7.55. The molecule has 3 N–H and O–H groups in total. The van der Waals surface area contributed by atoms with Gasteiger partial charge < -0.3 is 15.6 Å². The third-order valence-electron chi connectivity index (χ3n) is 3.93. The number of aliphatic imine (C=N–C) groups is 1. The Morgan fingerprint density at radius 1 is 1.41 bits per heavy atom. The molecule has 1 aliphatic rings. The molecule has 1 aromatic heterocycles. The normalized spacial score (nSPS) is 16.1. The quantitative estimate of drug-likeness (QED) is 0.673. The minimum Gasteiger partial charge on any atom is -0.370 e. The van der Waals surface area contributed by atoms with Crippen LogP contribution in [0, 0.1) is 5.82 Å². The Bertz CT molecular complexity index is 645. The minimum atomic E-state index is -0.298. The zero-order valence-electron chi connectivity index (χ0n) is 12.4. The second kappa shape index (κ2) is 6.60. The summed E-state index contributed by atoms with van der Waals surface area (Å²) < 4.78 is 15.8. The summed E-state index contributed by atoms with van der Waals surface area (Å²) in [5, 5.41) is 3.22. The van der Waals surface area contributed by atoms with Crippen LogP contribution in [0.15, 0.2) is 41.9 Å². The summed E-state index contributed by atoms with van der Waals surface area (Å²) in [6, 6.07) is 5.50. The van der Waals surface area contributed by atoms with Crippen molar-refractivity contribution in [2.75, 3.05) is 0 Å². The van der Waals surface area contributed by atoms with Crippen molar-refractivity contribution in [1.82, 2.24) is 14.9 Å². The van der Waals surface area contributed by atoms with E-state index in [0.717, 1.165) is 18.4 Å². The number of hydrogen-bond acceptors (Lipinski definition) is 2. The van der Waals surface area contributed by atoms with E-state index < -0.39 is 0 Å². The number of imidazole rings is 1. The van der Waals surface area contributed by atoms with Gasteiger partial charge in [-0.25, -0.2) is 14.4 Å². The second-order valence-corrected chi connectivity index (χ2v) is 5.58. The molecule has 0 spiro atoms. The fraction of sp³-hybridized carbons (Fsp3) is 0.375. The molecule has 0 atom stereocenters. The molecular formula is C16H20FN5. The highest BCUT2D eigenvalue weighted by molar-refractivity contribution is 5.78. The molecule has 0 amide bonds. The van der Waals surface area contributed by atoms with E-state index in [1.54, 1.807) is 29.4 Å². The van der Waals surface area contributed by atoms with Crippen molar-refractivity contribution in [1.29, 1.82) is 0 Å². The number of aromatic nitrogens is 2. The van der Waals surface area contributed by atoms with Crippen LogP contribution < -0.4 is 11.1 Å². The number of nitrogens with zero attached hydrogens (tertiary/aromatic N) is 3. The van der Waals surface area contributed by atoms with Gasteiger partial charge in [-0.05, 0) is 30.5 Å². The fourth-order valence-corrected chi connectivity index (χ4v) is 2.76. The van der Waals surface area contributed by atoms with Crippen LogP contribution in [-0.4, -0.2) is 21.6 Å². The van der Waals surface area contributed by atoms with E-state index in [4.69, 9.17) is 5.73 Å². The SMILES string of the molecule is NC(=NCc1ccc(-n2ccnc2)c(F)c1)NC1CCCC1. The molecule has 1 saturated carbocycles. The van der Waals surface area contributed by atoms with E-state index in [0.29, 0.717) is 24.2 Å². The largest absolute Gasteiger partial charge is 0.370 e. The Balaban J connectivity index is 1.64. The van der Waals surface area contributed by atoms with Crippen LogP contribution in [0.3, 0.4) is 0 Å². The number of benzene rings is 1. The van der Waals surface area contributed by atoms with Gasteiger partial charge in [-0.1, -0.05) is 18.9 Å². The summed E-state index contributed by atoms with van der Waals surface area (Å²) >= 11 is 0. The van der Waals surface area contributed by atoms with Crippen molar-refractivity contribution < 1.29 is 4.39 Å². The predicted octanol–water partition coefficient (Wildman–Crippen LogP) is 2.36. The average molecular weight is 301 g/mol. The fourth-order valence-electron chi connectivity index (χ4n) is 2.76. The van der Waals surface area contributed by atoms with Gasteiger partial charge >= 0.3 is 0 Å². The van der Waals surface area contributed by atoms with Crippen molar-refractivity contribution in [3.05, 3.63) is 48.3 Å². The van der Waals surface area contributed by atoms with Gasteiger partial charge in [-0.3, -0.25) is 0 Å². The maximum absolute atomic E-state index is 14.1. The summed E-state index contributed by atoms with van der Waals surface area (Å²) in [6.45, 7) is 0.368. The van der Waals surface area contributed by atoms with E-state index in [9.17, 15) is 4.39 Å². The number of nitrogens with two attached hydrogens (primary N) is 1. The summed E-state index contributed by atoms with van der Waals surface area (Å²) in [4.78, 5) is 8.21. The summed E-state index contributed by atoms with van der Waals surface area (Å²) in [5.41, 5.74) is 7.14. The molecule has 1 fully saturated rings. The number of nitrogens with one attached hydrogen (secondary N) is 1. The molecule has 1 aliphatic carbocycles. The maximum atomic E-state index is 14.1. The summed E-state index contributed by atoms with van der Waals surface area (Å²) in [7, 11) is 0. The van der Waals surface area contributed by atoms with E-state index >= 15 is 0 Å². The van der Waals surface area contributed by atoms with Crippen LogP contribution in [0.5, 0.6) is 0 Å². The van der Waals surface area contributed by atoms with Gasteiger partial charge in [0.1, 0.15) is 5.82 Å². The van der Waals surface area contributed by atoms with Crippen LogP contribution in [0.4, 0.5) is 4.39 Å². The van der Waals surface area contributed by atoms with Gasteiger partial charge in [0.2, 0.25) is 0 Å². The lowest BCUT2D eigenvalue weighted by atomic mass is 10.2. The maximum Gasteiger partial charge on any atom is 0.189 e. The molecule has 0 saturated heterocycles. The van der Waals surface area contributed by atoms with Crippen molar-refractivity contribution in [2.45, 2.75) is 38.3 Å². The Kier molecular flexibility index (Phi) is 4.37. The van der Waals surface area contributed by atoms with Crippen LogP contribution in [-0.2, 0) is 6.54 Å². The number of rotatable bonds is 4. The third-order valence-corrected chi connectivity index (χ3v) is 3.93. The molecule has 1 aromatic carbocycles. The molecular weight excluding hydrogens is 281 g/mol. The highest BCUT2D eigenvalue weighted by Gasteiger charge is 2.14. The van der Waals surface area contributed by atoms with Crippen LogP contribution >= 0.6 is 0 Å². The lowest BCUT2D eigenvalue weighted by molar-refractivity contribution is 0.615. The molecule has 6 heteroatoms. The first kappa shape index (κ1) is 14.6. The lowest BCUT2D eigenvalue weighted by Gasteiger charge is -2.12. The Morgan fingerprint density at radius 2 is 2.23 bits per heavy atom. The molecule has 22 heavy (non-hydrogen) atoms. The molecule has 116 valence electrons. The van der Waals surface area contributed by atoms with E-state index in [-0.39, 0.29) is 5.82 Å². The van der Waals surface area contributed by atoms with Gasteiger partial charge in [-0.2, -0.15) is 0 Å². The van der Waals surface area contributed by atoms with Gasteiger partial charge in [0.25, 0.3) is 0 Å². The van der Waals surface area contributed by atoms with Crippen LogP contribution in [0.25, 0.3) is 5.69 Å². The van der Waals surface area contributed by atoms with Crippen molar-refractivity contribution in [3.8, 4) is 5.69 Å². The van der Waals surface area contributed by atoms with Crippen LogP contribution in [0.1, 0.15) is 31.2 Å². The van der Waals surface area contributed by atoms with Crippen molar-refractivity contribution >= 4 is 5.96 Å². The third kappa shape index (κ3) is 3.44. The molecule has 3 rings (SSSR count). The van der Waals surface area contributed by atoms with Gasteiger partial charge in [-0.15, -0.1) is 0 Å². The van der Waals surface area contributed by atoms with Crippen molar-refractivity contribution in [3.63, 3.8) is 0 Å². The monoisotopic (exact) mass is 301 g/mol. The number of guanidine groups is 1. The molecule has 2 aromatic rings. The van der Waals surface area contributed by atoms with Gasteiger partial charge in [0, 0.05) is 18.4 Å². The highest BCUT2D eigenvalue weighted by Crippen LogP contribution is 2.18. The molecule has 0 aliphatic heterocycles. The second-order valence-electron chi connectivity index (χ2n) is 5.58. The topological polar surface area (TPSA) is 68.2 Å². The first-order chi connectivity index (χ1) is 10.7. The average Bonchev–Trinajstić information content (AvgIpc) is 3.18. The van der Waals surface area contributed by atoms with E-state index in [1.807, 2.05) is 6.07 Å². The van der Waals surface area contributed by atoms with Crippen LogP contribution in [0.2, 0.25) is 0 Å². The smallest absolute Gasteiger partial charge is 0.189 e. The Hall–Kier alpha value is -2.37. The summed E-state index contributed by atoms with van der Waals surface area (Å²) in [5.74, 6) is 0.138. The van der Waals surface area contributed by atoms with Crippen molar-refractivity contribution in [2.24, 2.45) is 10.7 Å². The number of halogens is 1. The molecule has 0 radical (unpaired) electrons. The first-order valence-electron chi connectivity index (χ1n) is 7.55. The molecule has 1 heterocycles. The highest BCUT2D eigenvalue weighted by atomic mass is 19.1. The Morgan fingerprint density at radius 3 is 2.91 bits per heavy atom. The Labute approximate surface area is 129 Å². The van der Waals surface area contributed by atoms with Gasteiger partial charge in [0.05, 0.1) is 18.6 Å². The minimum absolute atomic E-state index is 0.298. The van der Waals surface area contributed by atoms with E-state index in [2.05, 4.69) is 15.3 Å². The predicted molar refractivity (Wildman–Crippen MR) is 84.2 cm³/mol. The summed E-state index contributed by atoms with van der Waals surface area (Å²) in [6.07, 6.45) is 9.67.